The number of hydrogen-bond donors (Lipinski definition) is 0. The van der Waals surface area contributed by atoms with Gasteiger partial charge in [0.2, 0.25) is 0 Å². The van der Waals surface area contributed by atoms with Crippen LogP contribution in [0.25, 0.3) is 10.8 Å². The molecule has 1 saturated heterocycles. The van der Waals surface area contributed by atoms with Crippen molar-refractivity contribution < 1.29 is 9.15 Å². The molecular weight excluding hydrogens is 280 g/mol. The minimum Gasteiger partial charge on any atom is -0.410 e. The summed E-state index contributed by atoms with van der Waals surface area (Å²) in [6.45, 7) is 2.94. The van der Waals surface area contributed by atoms with Gasteiger partial charge in [-0.15, -0.1) is 21.5 Å². The molecule has 2 aromatic rings. The molecule has 0 unspecified atom stereocenters. The number of thiophene rings is 1. The van der Waals surface area contributed by atoms with Crippen LogP contribution >= 0.6 is 23.1 Å². The van der Waals surface area contributed by atoms with Crippen molar-refractivity contribution >= 4 is 23.1 Å². The van der Waals surface area contributed by atoms with Crippen molar-refractivity contribution in [1.82, 2.24) is 10.2 Å². The number of nitrogens with zero attached hydrogens (tertiary/aromatic N) is 2. The van der Waals surface area contributed by atoms with Crippen molar-refractivity contribution in [3.05, 3.63) is 17.0 Å². The van der Waals surface area contributed by atoms with Gasteiger partial charge < -0.3 is 9.15 Å². The molecule has 2 aromatic heterocycles. The Morgan fingerprint density at radius 1 is 1.42 bits per heavy atom. The molecule has 0 amide bonds. The first-order chi connectivity index (χ1) is 9.33. The summed E-state index contributed by atoms with van der Waals surface area (Å²) in [4.78, 5) is 1.06. The van der Waals surface area contributed by atoms with Gasteiger partial charge in [-0.05, 0) is 43.2 Å². The summed E-state index contributed by atoms with van der Waals surface area (Å²) >= 11 is 3.22. The van der Waals surface area contributed by atoms with Gasteiger partial charge in [-0.2, -0.15) is 0 Å². The van der Waals surface area contributed by atoms with Crippen LogP contribution in [-0.2, 0) is 4.74 Å². The molecule has 0 aliphatic carbocycles. The van der Waals surface area contributed by atoms with Gasteiger partial charge in [0.1, 0.15) is 0 Å². The lowest BCUT2D eigenvalue weighted by Gasteiger charge is -2.21. The van der Waals surface area contributed by atoms with Crippen LogP contribution in [-0.4, -0.2) is 28.7 Å². The highest BCUT2D eigenvalue weighted by molar-refractivity contribution is 7.99. The van der Waals surface area contributed by atoms with E-state index in [1.54, 1.807) is 23.1 Å². The Hall–Kier alpha value is -0.850. The largest absolute Gasteiger partial charge is 0.410 e. The quantitative estimate of drug-likeness (QED) is 0.804. The molecule has 4 nitrogen and oxygen atoms in total. The number of thioether (sulfide) groups is 1. The van der Waals surface area contributed by atoms with Crippen LogP contribution in [0, 0.1) is 6.92 Å². The fourth-order valence-corrected chi connectivity index (χ4v) is 3.73. The van der Waals surface area contributed by atoms with Crippen molar-refractivity contribution in [3.8, 4) is 10.8 Å². The molecule has 0 radical (unpaired) electrons. The Morgan fingerprint density at radius 2 is 2.37 bits per heavy atom. The maximum atomic E-state index is 5.70. The first-order valence-corrected chi connectivity index (χ1v) is 8.32. The number of aryl methyl sites for hydroxylation is 1. The Labute approximate surface area is 120 Å². The average molecular weight is 296 g/mol. The van der Waals surface area contributed by atoms with Crippen LogP contribution in [0.4, 0.5) is 0 Å². The van der Waals surface area contributed by atoms with Crippen LogP contribution in [0.15, 0.2) is 21.1 Å². The van der Waals surface area contributed by atoms with E-state index in [1.807, 2.05) is 5.38 Å². The molecule has 0 aromatic carbocycles. The highest BCUT2D eigenvalue weighted by Gasteiger charge is 2.17. The van der Waals surface area contributed by atoms with Crippen LogP contribution in [0.1, 0.15) is 24.8 Å². The van der Waals surface area contributed by atoms with E-state index in [-0.39, 0.29) is 0 Å². The first kappa shape index (κ1) is 13.1. The highest BCUT2D eigenvalue weighted by atomic mass is 32.2. The van der Waals surface area contributed by atoms with E-state index < -0.39 is 0 Å². The Morgan fingerprint density at radius 3 is 3.11 bits per heavy atom. The molecule has 3 rings (SSSR count). The van der Waals surface area contributed by atoms with Crippen molar-refractivity contribution in [2.24, 2.45) is 0 Å². The minimum atomic E-state index is 0.331. The van der Waals surface area contributed by atoms with Crippen molar-refractivity contribution in [2.75, 3.05) is 12.4 Å². The summed E-state index contributed by atoms with van der Waals surface area (Å²) < 4.78 is 11.4. The van der Waals surface area contributed by atoms with Gasteiger partial charge in [0.15, 0.2) is 0 Å². The monoisotopic (exact) mass is 296 g/mol. The third-order valence-electron chi connectivity index (χ3n) is 3.13. The average Bonchev–Trinajstić information content (AvgIpc) is 3.06. The summed E-state index contributed by atoms with van der Waals surface area (Å²) in [6, 6.07) is 2.06. The van der Waals surface area contributed by atoms with Crippen LogP contribution in [0.5, 0.6) is 0 Å². The fourth-order valence-electron chi connectivity index (χ4n) is 2.05. The molecule has 0 N–H and O–H groups in total. The summed E-state index contributed by atoms with van der Waals surface area (Å²) in [5, 5.41) is 10.9. The molecule has 3 heterocycles. The van der Waals surface area contributed by atoms with E-state index in [4.69, 9.17) is 9.15 Å². The molecule has 1 fully saturated rings. The van der Waals surface area contributed by atoms with E-state index in [0.29, 0.717) is 17.2 Å². The predicted molar refractivity (Wildman–Crippen MR) is 76.7 cm³/mol. The molecule has 6 heteroatoms. The minimum absolute atomic E-state index is 0.331. The second kappa shape index (κ2) is 6.07. The SMILES string of the molecule is Cc1ccsc1-c1nnc(SC[C@@H]2CCCCO2)o1. The van der Waals surface area contributed by atoms with Crippen molar-refractivity contribution in [2.45, 2.75) is 37.5 Å². The zero-order chi connectivity index (χ0) is 13.1. The van der Waals surface area contributed by atoms with Crippen LogP contribution < -0.4 is 0 Å². The molecule has 1 aliphatic heterocycles. The van der Waals surface area contributed by atoms with Gasteiger partial charge in [-0.1, -0.05) is 11.8 Å². The highest BCUT2D eigenvalue weighted by Crippen LogP contribution is 2.30. The van der Waals surface area contributed by atoms with Crippen molar-refractivity contribution in [1.29, 1.82) is 0 Å². The third-order valence-corrected chi connectivity index (χ3v) is 5.08. The summed E-state index contributed by atoms with van der Waals surface area (Å²) in [7, 11) is 0. The Balaban J connectivity index is 1.60. The van der Waals surface area contributed by atoms with Crippen molar-refractivity contribution in [3.63, 3.8) is 0 Å². The molecule has 0 spiro atoms. The topological polar surface area (TPSA) is 48.2 Å². The Kier molecular flexibility index (Phi) is 4.20. The summed E-state index contributed by atoms with van der Waals surface area (Å²) in [5.74, 6) is 1.52. The zero-order valence-corrected chi connectivity index (χ0v) is 12.4. The molecule has 19 heavy (non-hydrogen) atoms. The number of ether oxygens (including phenoxy) is 1. The predicted octanol–water partition coefficient (Wildman–Crippen LogP) is 3.77. The molecule has 0 saturated carbocycles. The molecule has 1 aliphatic rings. The lowest BCUT2D eigenvalue weighted by molar-refractivity contribution is 0.0314. The normalized spacial score (nSPS) is 19.7. The van der Waals surface area contributed by atoms with E-state index in [0.717, 1.165) is 23.7 Å². The molecule has 1 atom stereocenters. The maximum Gasteiger partial charge on any atom is 0.276 e. The third kappa shape index (κ3) is 3.19. The van der Waals surface area contributed by atoms with Gasteiger partial charge in [0.25, 0.3) is 11.1 Å². The lowest BCUT2D eigenvalue weighted by Crippen LogP contribution is -2.21. The van der Waals surface area contributed by atoms with E-state index in [1.165, 1.54) is 18.4 Å². The molecule has 102 valence electrons. The Bertz CT molecular complexity index is 532. The number of rotatable bonds is 4. The van der Waals surface area contributed by atoms with Gasteiger partial charge in [-0.25, -0.2) is 0 Å². The second-order valence-corrected chi connectivity index (χ2v) is 6.49. The van der Waals surface area contributed by atoms with Gasteiger partial charge in [0.05, 0.1) is 11.0 Å². The van der Waals surface area contributed by atoms with Crippen LogP contribution in [0.3, 0.4) is 0 Å². The smallest absolute Gasteiger partial charge is 0.276 e. The first-order valence-electron chi connectivity index (χ1n) is 6.45. The van der Waals surface area contributed by atoms with Gasteiger partial charge in [-0.3, -0.25) is 0 Å². The van der Waals surface area contributed by atoms with E-state index in [2.05, 4.69) is 23.2 Å². The lowest BCUT2D eigenvalue weighted by atomic mass is 10.1. The standard InChI is InChI=1S/C13H16N2O2S2/c1-9-5-7-18-11(9)12-14-15-13(17-12)19-8-10-4-2-3-6-16-10/h5,7,10H,2-4,6,8H2,1H3/t10-/m0/s1. The summed E-state index contributed by atoms with van der Waals surface area (Å²) in [6.07, 6.45) is 3.91. The van der Waals surface area contributed by atoms with E-state index >= 15 is 0 Å². The van der Waals surface area contributed by atoms with Gasteiger partial charge >= 0.3 is 0 Å². The maximum absolute atomic E-state index is 5.70. The van der Waals surface area contributed by atoms with Gasteiger partial charge in [0, 0.05) is 12.4 Å². The fraction of sp³-hybridized carbons (Fsp3) is 0.538. The number of aromatic nitrogens is 2. The number of hydrogen-bond acceptors (Lipinski definition) is 6. The summed E-state index contributed by atoms with van der Waals surface area (Å²) in [5.41, 5.74) is 1.18. The molecule has 0 bridgehead atoms. The van der Waals surface area contributed by atoms with Crippen LogP contribution in [0.2, 0.25) is 0 Å². The van der Waals surface area contributed by atoms with E-state index in [9.17, 15) is 0 Å². The zero-order valence-electron chi connectivity index (χ0n) is 10.8. The second-order valence-electron chi connectivity index (χ2n) is 4.61. The molecular formula is C13H16N2O2S2.